The van der Waals surface area contributed by atoms with Crippen molar-refractivity contribution in [2.24, 2.45) is 0 Å². The molecule has 0 fully saturated rings. The minimum atomic E-state index is -1.07. The van der Waals surface area contributed by atoms with Crippen LogP contribution in [0.1, 0.15) is 20.7 Å². The Balaban J connectivity index is 2.06. The van der Waals surface area contributed by atoms with Crippen LogP contribution in [0.15, 0.2) is 66.7 Å². The van der Waals surface area contributed by atoms with E-state index in [0.717, 1.165) is 5.56 Å². The van der Waals surface area contributed by atoms with Gasteiger partial charge in [-0.25, -0.2) is 9.59 Å². The van der Waals surface area contributed by atoms with E-state index in [1.54, 1.807) is 42.5 Å². The van der Waals surface area contributed by atoms with Crippen LogP contribution in [0.2, 0.25) is 0 Å². The predicted molar refractivity (Wildman–Crippen MR) is 97.9 cm³/mol. The number of carbonyl (C=O) groups excluding carboxylic acids is 1. The van der Waals surface area contributed by atoms with Crippen LogP contribution in [0.3, 0.4) is 0 Å². The number of benzene rings is 3. The van der Waals surface area contributed by atoms with E-state index in [0.29, 0.717) is 28.9 Å². The Bertz CT molecular complexity index is 1000. The van der Waals surface area contributed by atoms with Crippen LogP contribution in [0, 0.1) is 0 Å². The van der Waals surface area contributed by atoms with Crippen molar-refractivity contribution in [3.8, 4) is 28.0 Å². The zero-order valence-electron chi connectivity index (χ0n) is 14.0. The first kappa shape index (κ1) is 17.9. The average Bonchev–Trinajstić information content (AvgIpc) is 2.68. The molecule has 0 saturated carbocycles. The maximum absolute atomic E-state index is 11.5. The summed E-state index contributed by atoms with van der Waals surface area (Å²) in [6.07, 6.45) is 0. The molecule has 0 heterocycles. The van der Waals surface area contributed by atoms with E-state index >= 15 is 0 Å². The summed E-state index contributed by atoms with van der Waals surface area (Å²) in [6.45, 7) is 0.332. The van der Waals surface area contributed by atoms with E-state index in [9.17, 15) is 19.5 Å². The van der Waals surface area contributed by atoms with Gasteiger partial charge in [-0.3, -0.25) is 4.79 Å². The molecule has 0 radical (unpaired) electrons. The molecule has 0 saturated heterocycles. The molecule has 0 unspecified atom stereocenters. The third kappa shape index (κ3) is 4.01. The van der Waals surface area contributed by atoms with Gasteiger partial charge in [-0.2, -0.15) is 0 Å². The van der Waals surface area contributed by atoms with Gasteiger partial charge in [0.2, 0.25) is 0 Å². The Kier molecular flexibility index (Phi) is 4.99. The van der Waals surface area contributed by atoms with E-state index in [1.165, 1.54) is 18.2 Å². The Morgan fingerprint density at radius 1 is 0.667 bits per heavy atom. The molecule has 2 N–H and O–H groups in total. The van der Waals surface area contributed by atoms with Gasteiger partial charge in [0.1, 0.15) is 5.75 Å². The molecular formula is C21H14O6. The number of rotatable bonds is 6. The Hall–Kier alpha value is -3.93. The molecular weight excluding hydrogens is 348 g/mol. The summed E-state index contributed by atoms with van der Waals surface area (Å²) in [7, 11) is 0. The molecule has 0 bridgehead atoms. The first-order valence-corrected chi connectivity index (χ1v) is 7.91. The van der Waals surface area contributed by atoms with Crippen molar-refractivity contribution in [3.63, 3.8) is 0 Å². The van der Waals surface area contributed by atoms with Crippen LogP contribution >= 0.6 is 0 Å². The summed E-state index contributed by atoms with van der Waals surface area (Å²) in [6, 6.07) is 17.8. The first-order valence-electron chi connectivity index (χ1n) is 7.91. The molecule has 0 aliphatic heterocycles. The van der Waals surface area contributed by atoms with Crippen molar-refractivity contribution < 1.29 is 29.3 Å². The Morgan fingerprint density at radius 2 is 1.15 bits per heavy atom. The van der Waals surface area contributed by atoms with E-state index in [-0.39, 0.29) is 11.1 Å². The summed E-state index contributed by atoms with van der Waals surface area (Å²) in [5.74, 6) is -1.71. The van der Waals surface area contributed by atoms with Crippen molar-refractivity contribution >= 4 is 18.4 Å². The fourth-order valence-electron chi connectivity index (χ4n) is 2.67. The van der Waals surface area contributed by atoms with Crippen molar-refractivity contribution in [2.45, 2.75) is 0 Å². The van der Waals surface area contributed by atoms with E-state index in [2.05, 4.69) is 0 Å². The van der Waals surface area contributed by atoms with Crippen LogP contribution in [0.5, 0.6) is 5.75 Å². The average molecular weight is 362 g/mol. The number of carbonyl (C=O) groups is 3. The number of hydrogen-bond donors (Lipinski definition) is 2. The number of hydrogen-bond acceptors (Lipinski definition) is 4. The third-order valence-corrected chi connectivity index (χ3v) is 4.02. The van der Waals surface area contributed by atoms with Gasteiger partial charge >= 0.3 is 11.9 Å². The lowest BCUT2D eigenvalue weighted by Gasteiger charge is -2.09. The van der Waals surface area contributed by atoms with Gasteiger partial charge in [0.05, 0.1) is 11.1 Å². The fourth-order valence-corrected chi connectivity index (χ4v) is 2.67. The summed E-state index contributed by atoms with van der Waals surface area (Å²) < 4.78 is 4.76. The minimum Gasteiger partial charge on any atom is -0.478 e. The molecule has 6 nitrogen and oxygen atoms in total. The summed E-state index contributed by atoms with van der Waals surface area (Å²) in [4.78, 5) is 32.9. The van der Waals surface area contributed by atoms with Gasteiger partial charge in [-0.1, -0.05) is 24.3 Å². The maximum Gasteiger partial charge on any atom is 0.335 e. The van der Waals surface area contributed by atoms with Crippen LogP contribution < -0.4 is 4.74 Å². The second-order valence-electron chi connectivity index (χ2n) is 5.73. The SMILES string of the molecule is O=COc1ccc(-c2cc(C(=O)O)cc(-c3ccc(C(=O)O)cc3)c2)cc1. The topological polar surface area (TPSA) is 101 Å². The van der Waals surface area contributed by atoms with Crippen molar-refractivity contribution in [1.82, 2.24) is 0 Å². The lowest BCUT2D eigenvalue weighted by Crippen LogP contribution is -1.98. The van der Waals surface area contributed by atoms with Gasteiger partial charge in [0.15, 0.2) is 0 Å². The summed E-state index contributed by atoms with van der Waals surface area (Å²) in [5, 5.41) is 18.4. The minimum absolute atomic E-state index is 0.109. The molecule has 134 valence electrons. The molecule has 0 amide bonds. The maximum atomic E-state index is 11.5. The Labute approximate surface area is 154 Å². The van der Waals surface area contributed by atoms with Crippen LogP contribution in [-0.4, -0.2) is 28.6 Å². The molecule has 0 atom stereocenters. The molecule has 27 heavy (non-hydrogen) atoms. The number of aromatic carboxylic acids is 2. The van der Waals surface area contributed by atoms with Crippen LogP contribution in [-0.2, 0) is 4.79 Å². The smallest absolute Gasteiger partial charge is 0.335 e. The van der Waals surface area contributed by atoms with E-state index < -0.39 is 11.9 Å². The number of ether oxygens (including phenoxy) is 1. The summed E-state index contributed by atoms with van der Waals surface area (Å²) in [5.41, 5.74) is 3.03. The molecule has 6 heteroatoms. The Morgan fingerprint density at radius 3 is 1.59 bits per heavy atom. The van der Waals surface area contributed by atoms with Crippen molar-refractivity contribution in [3.05, 3.63) is 77.9 Å². The number of carboxylic acids is 2. The van der Waals surface area contributed by atoms with Gasteiger partial charge in [-0.05, 0) is 64.7 Å². The second-order valence-corrected chi connectivity index (χ2v) is 5.73. The molecule has 3 aromatic rings. The molecule has 0 aromatic heterocycles. The number of carboxylic acid groups (broad SMARTS) is 2. The van der Waals surface area contributed by atoms with Gasteiger partial charge in [0, 0.05) is 0 Å². The van der Waals surface area contributed by atoms with Crippen LogP contribution in [0.4, 0.5) is 0 Å². The summed E-state index contributed by atoms with van der Waals surface area (Å²) >= 11 is 0. The predicted octanol–water partition coefficient (Wildman–Crippen LogP) is 3.95. The van der Waals surface area contributed by atoms with Crippen LogP contribution in [0.25, 0.3) is 22.3 Å². The largest absolute Gasteiger partial charge is 0.478 e. The lowest BCUT2D eigenvalue weighted by molar-refractivity contribution is -0.120. The van der Waals surface area contributed by atoms with Gasteiger partial charge in [0.25, 0.3) is 6.47 Å². The molecule has 0 aliphatic carbocycles. The normalized spacial score (nSPS) is 10.2. The highest BCUT2D eigenvalue weighted by atomic mass is 16.5. The first-order chi connectivity index (χ1) is 13.0. The lowest BCUT2D eigenvalue weighted by atomic mass is 9.95. The van der Waals surface area contributed by atoms with Crippen molar-refractivity contribution in [1.29, 1.82) is 0 Å². The highest BCUT2D eigenvalue weighted by Crippen LogP contribution is 2.29. The highest BCUT2D eigenvalue weighted by molar-refractivity contribution is 5.92. The van der Waals surface area contributed by atoms with Gasteiger partial charge < -0.3 is 14.9 Å². The molecule has 3 rings (SSSR count). The quantitative estimate of drug-likeness (QED) is 0.644. The molecule has 0 spiro atoms. The fraction of sp³-hybridized carbons (Fsp3) is 0. The van der Waals surface area contributed by atoms with Gasteiger partial charge in [-0.15, -0.1) is 0 Å². The second kappa shape index (κ2) is 7.53. The standard InChI is InChI=1S/C21H14O6/c22-12-27-19-7-5-14(6-8-19)17-9-16(10-18(11-17)21(25)26)13-1-3-15(4-2-13)20(23)24/h1-12H,(H,23,24)(H,25,26). The third-order valence-electron chi connectivity index (χ3n) is 4.02. The highest BCUT2D eigenvalue weighted by Gasteiger charge is 2.11. The zero-order chi connectivity index (χ0) is 19.4. The molecule has 0 aliphatic rings. The van der Waals surface area contributed by atoms with Crippen molar-refractivity contribution in [2.75, 3.05) is 0 Å². The van der Waals surface area contributed by atoms with E-state index in [1.807, 2.05) is 6.07 Å². The zero-order valence-corrected chi connectivity index (χ0v) is 14.0. The monoisotopic (exact) mass is 362 g/mol. The molecule has 3 aromatic carbocycles. The van der Waals surface area contributed by atoms with E-state index in [4.69, 9.17) is 9.84 Å².